The number of aryl methyl sites for hydroxylation is 1. The second-order valence-electron chi connectivity index (χ2n) is 8.44. The average Bonchev–Trinajstić information content (AvgIpc) is 2.91. The highest BCUT2D eigenvalue weighted by molar-refractivity contribution is 9.11. The molecule has 1 amide bonds. The predicted molar refractivity (Wildman–Crippen MR) is 150 cm³/mol. The van der Waals surface area contributed by atoms with Crippen molar-refractivity contribution in [1.82, 2.24) is 14.6 Å². The van der Waals surface area contributed by atoms with Gasteiger partial charge in [-0.25, -0.2) is 0 Å². The lowest BCUT2D eigenvalue weighted by molar-refractivity contribution is -0.137. The molecule has 3 N–H and O–H groups in total. The van der Waals surface area contributed by atoms with Gasteiger partial charge in [-0.15, -0.1) is 4.73 Å². The van der Waals surface area contributed by atoms with E-state index in [1.54, 1.807) is 18.2 Å². The molecule has 4 aromatic rings. The van der Waals surface area contributed by atoms with Gasteiger partial charge in [-0.05, 0) is 56.1 Å². The molecular weight excluding hydrogens is 658 g/mol. The number of fused-ring (bicyclic) bond motifs is 2. The van der Waals surface area contributed by atoms with E-state index < -0.39 is 65.0 Å². The number of aromatic hydroxyl groups is 1. The number of rotatable bonds is 9. The summed E-state index contributed by atoms with van der Waals surface area (Å²) in [5.41, 5.74) is -2.96. The van der Waals surface area contributed by atoms with Gasteiger partial charge in [-0.2, -0.15) is 0 Å². The Morgan fingerprint density at radius 2 is 1.57 bits per heavy atom. The molecule has 0 spiro atoms. The molecule has 0 fully saturated rings. The second-order valence-corrected chi connectivity index (χ2v) is 10.2. The smallest absolute Gasteiger partial charge is 0.303 e. The van der Waals surface area contributed by atoms with Crippen LogP contribution in [0.1, 0.15) is 33.6 Å². The van der Waals surface area contributed by atoms with E-state index >= 15 is 0 Å². The van der Waals surface area contributed by atoms with Gasteiger partial charge in [0.05, 0.1) is 34.8 Å². The number of carboxylic acids is 1. The fraction of sp³-hybridized carbons (Fsp3) is 0.154. The summed E-state index contributed by atoms with van der Waals surface area (Å²) in [4.78, 5) is 81.1. The average molecular weight is 677 g/mol. The number of Topliss-reactive ketones (excluding diaryl/α,β-unsaturated/α-hetero) is 1. The molecule has 40 heavy (non-hydrogen) atoms. The molecular formula is C26H19Br2N3O9. The summed E-state index contributed by atoms with van der Waals surface area (Å²) in [5, 5.41) is 22.4. The molecule has 2 heterocycles. The first kappa shape index (κ1) is 28.7. The van der Waals surface area contributed by atoms with Crippen molar-refractivity contribution < 1.29 is 34.2 Å². The number of aldehydes is 1. The number of carboxylic acid groups (broad SMARTS) is 1. The van der Waals surface area contributed by atoms with Crippen LogP contribution in [-0.2, 0) is 16.6 Å². The van der Waals surface area contributed by atoms with Crippen molar-refractivity contribution in [3.05, 3.63) is 77.2 Å². The molecule has 2 aromatic heterocycles. The molecule has 0 aliphatic heterocycles. The van der Waals surface area contributed by atoms with E-state index in [0.717, 1.165) is 0 Å². The van der Waals surface area contributed by atoms with Gasteiger partial charge in [-0.3, -0.25) is 24.0 Å². The normalized spacial score (nSPS) is 11.0. The van der Waals surface area contributed by atoms with Crippen LogP contribution in [-0.4, -0.2) is 50.0 Å². The van der Waals surface area contributed by atoms with E-state index in [1.165, 1.54) is 29.8 Å². The van der Waals surface area contributed by atoms with Gasteiger partial charge in [0.25, 0.3) is 11.5 Å². The molecule has 12 nitrogen and oxygen atoms in total. The van der Waals surface area contributed by atoms with Crippen molar-refractivity contribution in [2.24, 2.45) is 7.05 Å². The summed E-state index contributed by atoms with van der Waals surface area (Å²) in [7, 11) is 1.42. The molecule has 206 valence electrons. The van der Waals surface area contributed by atoms with E-state index in [0.29, 0.717) is 21.0 Å². The lowest BCUT2D eigenvalue weighted by atomic mass is 10.0. The maximum absolute atomic E-state index is 13.6. The minimum absolute atomic E-state index is 0.00990. The molecule has 2 aromatic carbocycles. The summed E-state index contributed by atoms with van der Waals surface area (Å²) < 4.78 is 2.49. The zero-order chi connectivity index (χ0) is 29.3. The number of aromatic nitrogens is 2. The fourth-order valence-electron chi connectivity index (χ4n) is 4.16. The number of nitrogens with one attached hydrogen (secondary N) is 1. The Labute approximate surface area is 241 Å². The third-order valence-corrected chi connectivity index (χ3v) is 7.33. The number of carbonyl (C=O) groups is 4. The maximum Gasteiger partial charge on any atom is 0.303 e. The maximum atomic E-state index is 13.6. The highest BCUT2D eigenvalue weighted by atomic mass is 79.9. The van der Waals surface area contributed by atoms with Gasteiger partial charge in [0, 0.05) is 22.4 Å². The van der Waals surface area contributed by atoms with Crippen molar-refractivity contribution >= 4 is 77.6 Å². The molecule has 0 saturated carbocycles. The second kappa shape index (κ2) is 11.4. The summed E-state index contributed by atoms with van der Waals surface area (Å²) in [6, 6.07) is 9.28. The first-order valence-corrected chi connectivity index (χ1v) is 13.1. The molecule has 0 atom stereocenters. The molecule has 14 heteroatoms. The minimum atomic E-state index is -1.26. The number of hydrogen-bond donors (Lipinski definition) is 3. The van der Waals surface area contributed by atoms with E-state index in [4.69, 9.17) is 9.94 Å². The molecule has 0 bridgehead atoms. The van der Waals surface area contributed by atoms with Crippen LogP contribution in [0.4, 0.5) is 0 Å². The highest BCUT2D eigenvalue weighted by Gasteiger charge is 2.29. The molecule has 0 aliphatic rings. The van der Waals surface area contributed by atoms with Crippen LogP contribution < -0.4 is 21.3 Å². The molecule has 0 unspecified atom stereocenters. The first-order valence-electron chi connectivity index (χ1n) is 11.5. The SMILES string of the molecule is Cn1c(=O)c(C(=O)CCC(=O)O)c(On2c(=O)c(C(=O)NCC=O)c(O)c3c(Br)cccc32)c2c(Br)cccc21. The number of pyridine rings is 2. The third kappa shape index (κ3) is 5.02. The van der Waals surface area contributed by atoms with Crippen molar-refractivity contribution in [2.45, 2.75) is 12.8 Å². The summed E-state index contributed by atoms with van der Waals surface area (Å²) >= 11 is 6.67. The van der Waals surface area contributed by atoms with Crippen molar-refractivity contribution in [3.63, 3.8) is 0 Å². The Hall–Kier alpha value is -4.30. The van der Waals surface area contributed by atoms with Crippen molar-refractivity contribution in [2.75, 3.05) is 6.54 Å². The lowest BCUT2D eigenvalue weighted by Gasteiger charge is -2.19. The van der Waals surface area contributed by atoms with Crippen LogP contribution >= 0.6 is 31.9 Å². The number of carbonyl (C=O) groups excluding carboxylic acids is 3. The number of nitrogens with zero attached hydrogens (tertiary/aromatic N) is 2. The lowest BCUT2D eigenvalue weighted by Crippen LogP contribution is -2.36. The van der Waals surface area contributed by atoms with E-state index in [2.05, 4.69) is 37.2 Å². The molecule has 0 aliphatic carbocycles. The summed E-state index contributed by atoms with van der Waals surface area (Å²) in [6.45, 7) is -0.443. The first-order chi connectivity index (χ1) is 19.0. The van der Waals surface area contributed by atoms with Gasteiger partial charge >= 0.3 is 11.5 Å². The van der Waals surface area contributed by atoms with Crippen LogP contribution in [0.2, 0.25) is 0 Å². The Morgan fingerprint density at radius 1 is 0.950 bits per heavy atom. The number of benzene rings is 2. The van der Waals surface area contributed by atoms with Crippen LogP contribution in [0.15, 0.2) is 54.9 Å². The van der Waals surface area contributed by atoms with Crippen LogP contribution in [0, 0.1) is 0 Å². The Bertz CT molecular complexity index is 1860. The Morgan fingerprint density at radius 3 is 2.20 bits per heavy atom. The molecule has 4 rings (SSSR count). The van der Waals surface area contributed by atoms with Crippen molar-refractivity contribution in [3.8, 4) is 11.5 Å². The minimum Gasteiger partial charge on any atom is -0.506 e. The van der Waals surface area contributed by atoms with E-state index in [-0.39, 0.29) is 26.5 Å². The van der Waals surface area contributed by atoms with Crippen LogP contribution in [0.5, 0.6) is 11.5 Å². The Balaban J connectivity index is 2.11. The van der Waals surface area contributed by atoms with Crippen LogP contribution in [0.25, 0.3) is 21.8 Å². The number of aliphatic carboxylic acids is 1. The third-order valence-electron chi connectivity index (χ3n) is 6.01. The predicted octanol–water partition coefficient (Wildman–Crippen LogP) is 2.90. The van der Waals surface area contributed by atoms with E-state index in [1.807, 2.05) is 0 Å². The number of amides is 1. The van der Waals surface area contributed by atoms with Crippen molar-refractivity contribution in [1.29, 1.82) is 0 Å². The zero-order valence-electron chi connectivity index (χ0n) is 20.6. The Kier molecular flexibility index (Phi) is 8.21. The number of hydrogen-bond acceptors (Lipinski definition) is 8. The zero-order valence-corrected chi connectivity index (χ0v) is 23.7. The highest BCUT2D eigenvalue weighted by Crippen LogP contribution is 2.37. The molecule has 0 saturated heterocycles. The number of halogens is 2. The van der Waals surface area contributed by atoms with E-state index in [9.17, 15) is 33.9 Å². The van der Waals surface area contributed by atoms with Gasteiger partial charge < -0.3 is 29.7 Å². The monoisotopic (exact) mass is 675 g/mol. The molecule has 0 radical (unpaired) electrons. The van der Waals surface area contributed by atoms with Gasteiger partial charge in [0.1, 0.15) is 17.6 Å². The standard InChI is InChI=1S/C26H19Br2N3O9/c1-30-14-6-2-5-13(28)19(14)23(20(25(30)38)16(33)8-9-17(34)35)40-31-15-7-3-4-12(27)18(15)22(36)21(26(31)39)24(37)29-10-11-32/h2-7,11,36H,8-10H2,1H3,(H,29,37)(H,34,35). The van der Waals surface area contributed by atoms with Gasteiger partial charge in [-0.1, -0.05) is 12.1 Å². The summed E-state index contributed by atoms with van der Waals surface area (Å²) in [5.74, 6) is -4.24. The summed E-state index contributed by atoms with van der Waals surface area (Å²) in [6.07, 6.45) is -0.710. The quantitative estimate of drug-likeness (QED) is 0.178. The van der Waals surface area contributed by atoms with Crippen LogP contribution in [0.3, 0.4) is 0 Å². The number of ketones is 1. The van der Waals surface area contributed by atoms with Gasteiger partial charge in [0.2, 0.25) is 0 Å². The fourth-order valence-corrected chi connectivity index (χ4v) is 5.24. The topological polar surface area (TPSA) is 174 Å². The largest absolute Gasteiger partial charge is 0.506 e. The van der Waals surface area contributed by atoms with Gasteiger partial charge in [0.15, 0.2) is 17.1 Å².